The molecule has 2 N–H and O–H groups in total. The third-order valence-electron chi connectivity index (χ3n) is 9.47. The van der Waals surface area contributed by atoms with E-state index in [2.05, 4.69) is 9.82 Å². The number of ether oxygens (including phenoxy) is 4. The van der Waals surface area contributed by atoms with Crippen LogP contribution in [0, 0.1) is 24.0 Å². The number of nitrogens with zero attached hydrogens (tertiary/aromatic N) is 4. The monoisotopic (exact) mass is 788 g/mol. The van der Waals surface area contributed by atoms with Crippen molar-refractivity contribution in [2.75, 3.05) is 53.2 Å². The average Bonchev–Trinajstić information content (AvgIpc) is 4.00. The summed E-state index contributed by atoms with van der Waals surface area (Å²) in [7, 11) is 1.56. The molecular weight excluding hydrogens is 742 g/mol. The Morgan fingerprint density at radius 1 is 1.00 bits per heavy atom. The van der Waals surface area contributed by atoms with Gasteiger partial charge in [0, 0.05) is 41.9 Å². The van der Waals surface area contributed by atoms with Crippen molar-refractivity contribution < 1.29 is 52.6 Å². The van der Waals surface area contributed by atoms with Crippen molar-refractivity contribution in [2.24, 2.45) is 5.41 Å². The van der Waals surface area contributed by atoms with Gasteiger partial charge < -0.3 is 28.7 Å². The number of amides is 2. The number of aromatic nitrogens is 1. The van der Waals surface area contributed by atoms with Gasteiger partial charge in [-0.1, -0.05) is 49.7 Å². The maximum atomic E-state index is 14.8. The van der Waals surface area contributed by atoms with Crippen molar-refractivity contribution in [1.82, 2.24) is 20.2 Å². The van der Waals surface area contributed by atoms with Crippen molar-refractivity contribution >= 4 is 29.2 Å². The zero-order chi connectivity index (χ0) is 39.7. The molecule has 13 nitrogen and oxygen atoms in total. The number of hydrogen-bond acceptors (Lipinski definition) is 11. The number of rotatable bonds is 18. The van der Waals surface area contributed by atoms with Crippen molar-refractivity contribution in [2.45, 2.75) is 59.0 Å². The number of halogens is 3. The first kappa shape index (κ1) is 41.8. The van der Waals surface area contributed by atoms with Crippen LogP contribution in [0.25, 0.3) is 5.57 Å². The number of benzene rings is 2. The molecule has 298 valence electrons. The zero-order valence-corrected chi connectivity index (χ0v) is 32.1. The quantitative estimate of drug-likeness (QED) is 0.0799. The van der Waals surface area contributed by atoms with Crippen LogP contribution in [0.4, 0.5) is 13.6 Å². The third-order valence-corrected chi connectivity index (χ3v) is 9.82. The lowest BCUT2D eigenvalue weighted by Crippen LogP contribution is -2.48. The number of hydrogen-bond donors (Lipinski definition) is 2. The fourth-order valence-electron chi connectivity index (χ4n) is 6.69. The van der Waals surface area contributed by atoms with E-state index < -0.39 is 33.6 Å². The summed E-state index contributed by atoms with van der Waals surface area (Å²) in [5.41, 5.74) is 4.21. The van der Waals surface area contributed by atoms with Crippen LogP contribution in [-0.2, 0) is 32.1 Å². The molecule has 1 aliphatic heterocycles. The predicted molar refractivity (Wildman–Crippen MR) is 197 cm³/mol. The molecule has 1 aromatic heterocycles. The Morgan fingerprint density at radius 3 is 2.40 bits per heavy atom. The lowest BCUT2D eigenvalue weighted by Gasteiger charge is -2.42. The van der Waals surface area contributed by atoms with E-state index in [4.69, 9.17) is 41.0 Å². The molecule has 1 aliphatic carbocycles. The lowest BCUT2D eigenvalue weighted by molar-refractivity contribution is -0.493. The summed E-state index contributed by atoms with van der Waals surface area (Å²) in [6.45, 7) is 6.56. The van der Waals surface area contributed by atoms with E-state index in [1.807, 2.05) is 56.0 Å². The van der Waals surface area contributed by atoms with Crippen molar-refractivity contribution in [3.63, 3.8) is 0 Å². The molecule has 16 heteroatoms. The second-order valence-corrected chi connectivity index (χ2v) is 14.4. The molecule has 0 radical (unpaired) electrons. The van der Waals surface area contributed by atoms with Gasteiger partial charge in [0.25, 0.3) is 5.91 Å². The topological polar surface area (TPSA) is 143 Å². The first-order valence-electron chi connectivity index (χ1n) is 18.0. The summed E-state index contributed by atoms with van der Waals surface area (Å²) in [6.07, 6.45) is 3.89. The molecule has 0 spiro atoms. The summed E-state index contributed by atoms with van der Waals surface area (Å²) in [5.74, 6) is -1.48. The van der Waals surface area contributed by atoms with Gasteiger partial charge in [0.2, 0.25) is 5.88 Å². The van der Waals surface area contributed by atoms with Crippen LogP contribution in [0.5, 0.6) is 11.6 Å². The largest absolute Gasteiger partial charge is 0.489 e. The van der Waals surface area contributed by atoms with Gasteiger partial charge in [-0.2, -0.15) is 0 Å². The minimum absolute atomic E-state index is 0.0219. The highest BCUT2D eigenvalue weighted by Gasteiger charge is 2.43. The maximum Gasteiger partial charge on any atom is 0.410 e. The lowest BCUT2D eigenvalue weighted by atomic mass is 9.74. The summed E-state index contributed by atoms with van der Waals surface area (Å²) in [6, 6.07) is 11.7. The van der Waals surface area contributed by atoms with E-state index in [-0.39, 0.29) is 63.8 Å². The number of methoxy groups -OCH3 is 1. The van der Waals surface area contributed by atoms with Crippen LogP contribution in [0.1, 0.15) is 55.4 Å². The Hall–Kier alpha value is -4.38. The van der Waals surface area contributed by atoms with Gasteiger partial charge in [-0.25, -0.2) is 23.4 Å². The van der Waals surface area contributed by atoms with E-state index in [9.17, 15) is 18.4 Å². The Kier molecular flexibility index (Phi) is 14.4. The van der Waals surface area contributed by atoms with Gasteiger partial charge in [0.15, 0.2) is 11.6 Å². The van der Waals surface area contributed by atoms with Crippen LogP contribution in [0.15, 0.2) is 54.2 Å². The maximum absolute atomic E-state index is 14.8. The summed E-state index contributed by atoms with van der Waals surface area (Å²) in [5, 5.41) is 16.4. The van der Waals surface area contributed by atoms with Gasteiger partial charge in [-0.15, -0.1) is 0 Å². The van der Waals surface area contributed by atoms with Gasteiger partial charge in [0.05, 0.1) is 45.5 Å². The predicted octanol–water partition coefficient (Wildman–Crippen LogP) is 6.79. The van der Waals surface area contributed by atoms with Gasteiger partial charge in [-0.05, 0) is 73.1 Å². The Labute approximate surface area is 323 Å². The van der Waals surface area contributed by atoms with Crippen molar-refractivity contribution in [1.29, 1.82) is 0 Å². The second-order valence-electron chi connectivity index (χ2n) is 14.0. The molecule has 5 rings (SSSR count). The SMILES string of the molecule is COc1nccc(CN(C(=O)C2=C(c3ccc(CCCOc4c(F)ccc(F)c4Cl)cc3)C(C)(C)CN(C(=O)OCCOCCON(O)O)C2)C2CC2)c1C. The Morgan fingerprint density at radius 2 is 1.71 bits per heavy atom. The zero-order valence-electron chi connectivity index (χ0n) is 31.4. The summed E-state index contributed by atoms with van der Waals surface area (Å²) in [4.78, 5) is 40.4. The van der Waals surface area contributed by atoms with Crippen molar-refractivity contribution in [3.8, 4) is 11.6 Å². The molecule has 3 aromatic rings. The summed E-state index contributed by atoms with van der Waals surface area (Å²) >= 11 is 5.89. The molecule has 2 aromatic carbocycles. The van der Waals surface area contributed by atoms with Crippen LogP contribution in [-0.4, -0.2) is 102 Å². The number of aryl methyl sites for hydroxylation is 1. The Balaban J connectivity index is 1.36. The first-order chi connectivity index (χ1) is 26.3. The normalized spacial score (nSPS) is 15.3. The van der Waals surface area contributed by atoms with Crippen LogP contribution in [0.3, 0.4) is 0 Å². The van der Waals surface area contributed by atoms with E-state index in [1.165, 1.54) is 4.90 Å². The average molecular weight is 789 g/mol. The first-order valence-corrected chi connectivity index (χ1v) is 18.4. The van der Waals surface area contributed by atoms with E-state index in [1.54, 1.807) is 13.3 Å². The van der Waals surface area contributed by atoms with Gasteiger partial charge in [-0.3, -0.25) is 15.2 Å². The minimum atomic E-state index is -0.757. The highest BCUT2D eigenvalue weighted by atomic mass is 35.5. The van der Waals surface area contributed by atoms with Crippen molar-refractivity contribution in [3.05, 3.63) is 93.1 Å². The molecule has 55 heavy (non-hydrogen) atoms. The van der Waals surface area contributed by atoms with Crippen LogP contribution in [0.2, 0.25) is 5.02 Å². The number of carbonyl (C=O) groups excluding carboxylic acids is 2. The second kappa shape index (κ2) is 19.0. The van der Waals surface area contributed by atoms with E-state index in [0.29, 0.717) is 30.8 Å². The molecule has 1 saturated carbocycles. The summed E-state index contributed by atoms with van der Waals surface area (Å²) < 4.78 is 49.7. The Bertz CT molecular complexity index is 1840. The molecular formula is C39H47ClF2N4O9. The van der Waals surface area contributed by atoms with E-state index in [0.717, 1.165) is 52.8 Å². The highest BCUT2D eigenvalue weighted by Crippen LogP contribution is 2.43. The highest BCUT2D eigenvalue weighted by molar-refractivity contribution is 6.32. The molecule has 0 saturated heterocycles. The fourth-order valence-corrected chi connectivity index (χ4v) is 6.90. The smallest absolute Gasteiger partial charge is 0.410 e. The van der Waals surface area contributed by atoms with Gasteiger partial charge >= 0.3 is 6.09 Å². The van der Waals surface area contributed by atoms with E-state index >= 15 is 0 Å². The molecule has 0 atom stereocenters. The molecule has 2 amide bonds. The van der Waals surface area contributed by atoms with Crippen LogP contribution >= 0.6 is 11.6 Å². The molecule has 1 fully saturated rings. The van der Waals surface area contributed by atoms with Crippen LogP contribution < -0.4 is 9.47 Å². The standard InChI is InChI=1S/C39H47ClF2N4O9/c1-25-28(15-16-43-36(25)51-4)22-45(29-11-12-29)37(47)30-23-44(38(48)54-20-18-52-19-21-55-46(49)50)24-39(2,3)33(30)27-9-7-26(8-10-27)6-5-17-53-35-32(42)14-13-31(41)34(35)40/h7-10,13-16,29,49-50H,5-6,11-12,17-24H2,1-4H3. The molecule has 2 heterocycles. The third kappa shape index (κ3) is 10.9. The molecule has 0 unspecified atom stereocenters. The fraction of sp³-hybridized carbons (Fsp3) is 0.462. The number of pyridine rings is 1. The minimum Gasteiger partial charge on any atom is -0.489 e. The molecule has 2 aliphatic rings. The van der Waals surface area contributed by atoms with Gasteiger partial charge in [0.1, 0.15) is 17.4 Å². The molecule has 0 bridgehead atoms. The number of carbonyl (C=O) groups is 2.